The lowest BCUT2D eigenvalue weighted by atomic mass is 10.3. The predicted octanol–water partition coefficient (Wildman–Crippen LogP) is 0.177. The Balaban J connectivity index is 1.53. The van der Waals surface area contributed by atoms with Crippen molar-refractivity contribution >= 4 is 5.82 Å². The lowest BCUT2D eigenvalue weighted by Gasteiger charge is -2.35. The molecule has 0 aromatic carbocycles. The zero-order chi connectivity index (χ0) is 18.6. The summed E-state index contributed by atoms with van der Waals surface area (Å²) < 4.78 is 3.04. The highest BCUT2D eigenvalue weighted by Crippen LogP contribution is 2.15. The molecule has 27 heavy (non-hydrogen) atoms. The average Bonchev–Trinajstić information content (AvgIpc) is 3.36. The molecule has 0 radical (unpaired) electrons. The number of nitrogens with zero attached hydrogens (tertiary/aromatic N) is 8. The van der Waals surface area contributed by atoms with E-state index < -0.39 is 0 Å². The summed E-state index contributed by atoms with van der Waals surface area (Å²) in [5.74, 6) is 1.27. The summed E-state index contributed by atoms with van der Waals surface area (Å²) in [5, 5.41) is 11.7. The molecule has 0 spiro atoms. The fourth-order valence-corrected chi connectivity index (χ4v) is 3.16. The van der Waals surface area contributed by atoms with Crippen molar-refractivity contribution in [3.8, 4) is 17.6 Å². The maximum absolute atomic E-state index is 12.7. The smallest absolute Gasteiger partial charge is 0.296 e. The van der Waals surface area contributed by atoms with Crippen LogP contribution >= 0.6 is 0 Å². The molecule has 0 amide bonds. The van der Waals surface area contributed by atoms with Gasteiger partial charge in [0.15, 0.2) is 5.82 Å². The summed E-state index contributed by atoms with van der Waals surface area (Å²) in [6, 6.07) is 3.99. The van der Waals surface area contributed by atoms with Crippen LogP contribution in [0.1, 0.15) is 6.42 Å². The van der Waals surface area contributed by atoms with Crippen molar-refractivity contribution in [3.63, 3.8) is 0 Å². The van der Waals surface area contributed by atoms with E-state index in [0.29, 0.717) is 17.9 Å². The van der Waals surface area contributed by atoms with E-state index in [2.05, 4.69) is 35.9 Å². The number of H-pyrrole nitrogens is 1. The van der Waals surface area contributed by atoms with Crippen LogP contribution in [0, 0.1) is 11.3 Å². The highest BCUT2D eigenvalue weighted by Gasteiger charge is 2.19. The van der Waals surface area contributed by atoms with Crippen molar-refractivity contribution in [3.05, 3.63) is 47.7 Å². The van der Waals surface area contributed by atoms with Gasteiger partial charge in [0.25, 0.3) is 5.56 Å². The van der Waals surface area contributed by atoms with Gasteiger partial charge in [0.2, 0.25) is 0 Å². The molecule has 3 aromatic rings. The SMILES string of the molecule is N#CCCN1CCN(c2cc(-n3[nH]cc(-n4ccnc4)c3=O)ncn2)CC1. The van der Waals surface area contributed by atoms with Gasteiger partial charge in [-0.25, -0.2) is 15.0 Å². The molecule has 1 N–H and O–H groups in total. The third-order valence-corrected chi connectivity index (χ3v) is 4.64. The monoisotopic (exact) mass is 365 g/mol. The molecular formula is C17H19N9O. The Morgan fingerprint density at radius 1 is 1.19 bits per heavy atom. The Bertz CT molecular complexity index is 990. The maximum Gasteiger partial charge on any atom is 0.296 e. The first-order valence-electron chi connectivity index (χ1n) is 8.71. The Labute approximate surface area is 155 Å². The second-order valence-corrected chi connectivity index (χ2v) is 6.24. The van der Waals surface area contributed by atoms with Crippen LogP contribution in [0.2, 0.25) is 0 Å². The normalized spacial score (nSPS) is 15.0. The molecule has 1 aliphatic heterocycles. The van der Waals surface area contributed by atoms with E-state index in [-0.39, 0.29) is 5.56 Å². The average molecular weight is 365 g/mol. The summed E-state index contributed by atoms with van der Waals surface area (Å²) >= 11 is 0. The molecule has 1 aliphatic rings. The molecule has 0 bridgehead atoms. The molecule has 0 aliphatic carbocycles. The topological polar surface area (TPSA) is 112 Å². The first kappa shape index (κ1) is 17.0. The van der Waals surface area contributed by atoms with E-state index in [1.165, 1.54) is 11.0 Å². The van der Waals surface area contributed by atoms with Gasteiger partial charge in [-0.15, -0.1) is 0 Å². The van der Waals surface area contributed by atoms with E-state index in [0.717, 1.165) is 38.5 Å². The van der Waals surface area contributed by atoms with E-state index in [4.69, 9.17) is 5.26 Å². The van der Waals surface area contributed by atoms with Crippen LogP contribution in [-0.4, -0.2) is 66.9 Å². The zero-order valence-corrected chi connectivity index (χ0v) is 14.7. The van der Waals surface area contributed by atoms with Gasteiger partial charge in [-0.1, -0.05) is 0 Å². The summed E-state index contributed by atoms with van der Waals surface area (Å²) in [6.45, 7) is 4.21. The number of hydrogen-bond acceptors (Lipinski definition) is 7. The van der Waals surface area contributed by atoms with Crippen molar-refractivity contribution in [2.24, 2.45) is 0 Å². The Hall–Kier alpha value is -3.45. The molecule has 10 nitrogen and oxygen atoms in total. The minimum absolute atomic E-state index is 0.209. The Kier molecular flexibility index (Phi) is 4.67. The van der Waals surface area contributed by atoms with E-state index in [9.17, 15) is 4.79 Å². The van der Waals surface area contributed by atoms with E-state index >= 15 is 0 Å². The number of nitrogens with one attached hydrogen (secondary N) is 1. The van der Waals surface area contributed by atoms with Gasteiger partial charge >= 0.3 is 0 Å². The molecule has 0 unspecified atom stereocenters. The molecule has 0 atom stereocenters. The highest BCUT2D eigenvalue weighted by molar-refractivity contribution is 5.44. The fourth-order valence-electron chi connectivity index (χ4n) is 3.16. The second-order valence-electron chi connectivity index (χ2n) is 6.24. The van der Waals surface area contributed by atoms with Crippen LogP contribution in [0.3, 0.4) is 0 Å². The van der Waals surface area contributed by atoms with Crippen LogP contribution in [0.15, 0.2) is 42.1 Å². The van der Waals surface area contributed by atoms with Crippen molar-refractivity contribution in [1.29, 1.82) is 5.26 Å². The fraction of sp³-hybridized carbons (Fsp3) is 0.353. The first-order valence-corrected chi connectivity index (χ1v) is 8.71. The van der Waals surface area contributed by atoms with Crippen LogP contribution in [-0.2, 0) is 0 Å². The molecule has 4 heterocycles. The van der Waals surface area contributed by atoms with E-state index in [1.54, 1.807) is 35.6 Å². The van der Waals surface area contributed by atoms with Crippen molar-refractivity contribution in [1.82, 2.24) is 34.2 Å². The lowest BCUT2D eigenvalue weighted by molar-refractivity contribution is 0.263. The number of anilines is 1. The third kappa shape index (κ3) is 3.45. The highest BCUT2D eigenvalue weighted by atomic mass is 16.1. The molecule has 138 valence electrons. The van der Waals surface area contributed by atoms with Crippen molar-refractivity contribution in [2.45, 2.75) is 6.42 Å². The molecule has 0 saturated carbocycles. The van der Waals surface area contributed by atoms with Gasteiger partial charge in [0.05, 0.1) is 12.4 Å². The minimum Gasteiger partial charge on any atom is -0.354 e. The number of piperazine rings is 1. The number of nitriles is 1. The van der Waals surface area contributed by atoms with Crippen LogP contribution in [0.4, 0.5) is 5.82 Å². The van der Waals surface area contributed by atoms with Crippen molar-refractivity contribution < 1.29 is 0 Å². The number of rotatable bonds is 5. The van der Waals surface area contributed by atoms with Crippen LogP contribution in [0.25, 0.3) is 11.5 Å². The van der Waals surface area contributed by atoms with Gasteiger partial charge in [0.1, 0.15) is 17.8 Å². The third-order valence-electron chi connectivity index (χ3n) is 4.64. The first-order chi connectivity index (χ1) is 13.3. The lowest BCUT2D eigenvalue weighted by Crippen LogP contribution is -2.46. The molecule has 10 heteroatoms. The molecular weight excluding hydrogens is 346 g/mol. The molecule has 1 saturated heterocycles. The Morgan fingerprint density at radius 2 is 2.00 bits per heavy atom. The number of imidazole rings is 1. The second kappa shape index (κ2) is 7.43. The standard InChI is InChI=1S/C17H19N9O/c18-2-1-4-23-6-8-24(9-7-23)15-10-16(21-12-20-15)26-17(27)14(11-22-26)25-5-3-19-13-25/h3,5,10-13,22H,1,4,6-9H2. The van der Waals surface area contributed by atoms with Gasteiger partial charge in [-0.05, 0) is 0 Å². The van der Waals surface area contributed by atoms with Gasteiger partial charge < -0.3 is 4.90 Å². The molecule has 1 fully saturated rings. The summed E-state index contributed by atoms with van der Waals surface area (Å²) in [5.41, 5.74) is 0.262. The molecule has 3 aromatic heterocycles. The van der Waals surface area contributed by atoms with Gasteiger partial charge in [-0.3, -0.25) is 19.4 Å². The summed E-state index contributed by atoms with van der Waals surface area (Å²) in [4.78, 5) is 29.7. The molecule has 4 rings (SSSR count). The van der Waals surface area contributed by atoms with E-state index in [1.807, 2.05) is 0 Å². The van der Waals surface area contributed by atoms with Gasteiger partial charge in [-0.2, -0.15) is 9.94 Å². The number of hydrogen-bond donors (Lipinski definition) is 1. The Morgan fingerprint density at radius 3 is 2.74 bits per heavy atom. The summed E-state index contributed by atoms with van der Waals surface area (Å²) in [7, 11) is 0. The number of aromatic nitrogens is 6. The maximum atomic E-state index is 12.7. The quantitative estimate of drug-likeness (QED) is 0.686. The minimum atomic E-state index is -0.209. The largest absolute Gasteiger partial charge is 0.354 e. The zero-order valence-electron chi connectivity index (χ0n) is 14.7. The van der Waals surface area contributed by atoms with Gasteiger partial charge in [0, 0.05) is 63.8 Å². The summed E-state index contributed by atoms with van der Waals surface area (Å²) in [6.07, 6.45) is 8.55. The number of aromatic amines is 1. The van der Waals surface area contributed by atoms with Crippen LogP contribution < -0.4 is 10.5 Å². The van der Waals surface area contributed by atoms with Crippen LogP contribution in [0.5, 0.6) is 0 Å². The van der Waals surface area contributed by atoms with Crippen molar-refractivity contribution in [2.75, 3.05) is 37.6 Å². The predicted molar refractivity (Wildman–Crippen MR) is 98.0 cm³/mol.